The van der Waals surface area contributed by atoms with Gasteiger partial charge in [-0.05, 0) is 48.7 Å². The molecule has 136 valence electrons. The summed E-state index contributed by atoms with van der Waals surface area (Å²) in [4.78, 5) is 29.0. The quantitative estimate of drug-likeness (QED) is 0.923. The van der Waals surface area contributed by atoms with Gasteiger partial charge in [0.1, 0.15) is 0 Å². The predicted molar refractivity (Wildman–Crippen MR) is 102 cm³/mol. The summed E-state index contributed by atoms with van der Waals surface area (Å²) in [5.74, 6) is 0.184. The molecular weight excluding hydrogens is 326 g/mol. The molecule has 5 nitrogen and oxygen atoms in total. The van der Waals surface area contributed by atoms with E-state index in [0.717, 1.165) is 49.7 Å². The number of carbonyl (C=O) groups is 2. The van der Waals surface area contributed by atoms with Crippen LogP contribution in [0.15, 0.2) is 42.5 Å². The van der Waals surface area contributed by atoms with Crippen LogP contribution in [0.4, 0.5) is 0 Å². The summed E-state index contributed by atoms with van der Waals surface area (Å²) in [6.45, 7) is 2.52. The molecule has 2 atom stereocenters. The molecule has 2 aromatic carbocycles. The summed E-state index contributed by atoms with van der Waals surface area (Å²) in [5.41, 5.74) is 0.692. The second-order valence-corrected chi connectivity index (χ2v) is 7.43. The molecular formula is C21H25N3O2. The van der Waals surface area contributed by atoms with Crippen LogP contribution in [0.2, 0.25) is 0 Å². The smallest absolute Gasteiger partial charge is 0.251 e. The second-order valence-electron chi connectivity index (χ2n) is 7.43. The zero-order valence-corrected chi connectivity index (χ0v) is 15.1. The highest BCUT2D eigenvalue weighted by molar-refractivity contribution is 5.98. The Morgan fingerprint density at radius 2 is 1.88 bits per heavy atom. The molecule has 2 amide bonds. The Morgan fingerprint density at radius 3 is 2.65 bits per heavy atom. The Labute approximate surface area is 154 Å². The van der Waals surface area contributed by atoms with E-state index in [2.05, 4.69) is 10.2 Å². The molecule has 2 aromatic rings. The SMILES string of the molecule is CN1CCC(N2CCCC(NC(=O)c3ccc4ccccc4c3)C2)C1=O. The number of hydrogen-bond donors (Lipinski definition) is 1. The van der Waals surface area contributed by atoms with E-state index in [0.29, 0.717) is 5.56 Å². The number of hydrogen-bond acceptors (Lipinski definition) is 3. The van der Waals surface area contributed by atoms with E-state index in [1.165, 1.54) is 0 Å². The lowest BCUT2D eigenvalue weighted by Crippen LogP contribution is -2.52. The van der Waals surface area contributed by atoms with Crippen molar-refractivity contribution in [3.63, 3.8) is 0 Å². The van der Waals surface area contributed by atoms with Crippen LogP contribution in [-0.4, -0.2) is 60.4 Å². The Balaban J connectivity index is 1.42. The van der Waals surface area contributed by atoms with E-state index in [1.54, 1.807) is 0 Å². The van der Waals surface area contributed by atoms with E-state index in [1.807, 2.05) is 54.4 Å². The number of benzene rings is 2. The van der Waals surface area contributed by atoms with Crippen molar-refractivity contribution in [1.82, 2.24) is 15.1 Å². The summed E-state index contributed by atoms with van der Waals surface area (Å²) in [7, 11) is 1.87. The van der Waals surface area contributed by atoms with Crippen LogP contribution >= 0.6 is 0 Å². The number of nitrogens with zero attached hydrogens (tertiary/aromatic N) is 2. The normalized spacial score (nSPS) is 24.2. The highest BCUT2D eigenvalue weighted by Crippen LogP contribution is 2.21. The Hall–Kier alpha value is -2.40. The van der Waals surface area contributed by atoms with Gasteiger partial charge in [0.25, 0.3) is 5.91 Å². The maximum Gasteiger partial charge on any atom is 0.251 e. The van der Waals surface area contributed by atoms with Crippen molar-refractivity contribution in [2.45, 2.75) is 31.3 Å². The fraction of sp³-hybridized carbons (Fsp3) is 0.429. The van der Waals surface area contributed by atoms with Gasteiger partial charge in [0, 0.05) is 31.7 Å². The van der Waals surface area contributed by atoms with Gasteiger partial charge in [0.15, 0.2) is 0 Å². The van der Waals surface area contributed by atoms with E-state index in [9.17, 15) is 9.59 Å². The maximum absolute atomic E-state index is 12.7. The highest BCUT2D eigenvalue weighted by Gasteiger charge is 2.36. The van der Waals surface area contributed by atoms with Crippen molar-refractivity contribution < 1.29 is 9.59 Å². The molecule has 0 aliphatic carbocycles. The third kappa shape index (κ3) is 3.31. The van der Waals surface area contributed by atoms with Gasteiger partial charge >= 0.3 is 0 Å². The number of likely N-dealkylation sites (N-methyl/N-ethyl adjacent to an activating group) is 1. The first-order chi connectivity index (χ1) is 12.6. The van der Waals surface area contributed by atoms with Crippen molar-refractivity contribution >= 4 is 22.6 Å². The molecule has 1 N–H and O–H groups in total. The number of amides is 2. The lowest BCUT2D eigenvalue weighted by molar-refractivity contribution is -0.131. The predicted octanol–water partition coefficient (Wildman–Crippen LogP) is 2.26. The number of fused-ring (bicyclic) bond motifs is 1. The van der Waals surface area contributed by atoms with E-state index in [4.69, 9.17) is 0 Å². The monoisotopic (exact) mass is 351 g/mol. The first kappa shape index (κ1) is 17.0. The summed E-state index contributed by atoms with van der Waals surface area (Å²) in [6, 6.07) is 14.0. The van der Waals surface area contributed by atoms with Crippen molar-refractivity contribution in [2.24, 2.45) is 0 Å². The molecule has 0 spiro atoms. The summed E-state index contributed by atoms with van der Waals surface area (Å²) in [5, 5.41) is 5.38. The van der Waals surface area contributed by atoms with Gasteiger partial charge in [-0.3, -0.25) is 14.5 Å². The fourth-order valence-electron chi connectivity index (χ4n) is 4.15. The van der Waals surface area contributed by atoms with Crippen LogP contribution in [0.1, 0.15) is 29.6 Å². The number of nitrogens with one attached hydrogen (secondary N) is 1. The molecule has 5 heteroatoms. The molecule has 2 heterocycles. The van der Waals surface area contributed by atoms with Gasteiger partial charge in [-0.2, -0.15) is 0 Å². The molecule has 26 heavy (non-hydrogen) atoms. The first-order valence-electron chi connectivity index (χ1n) is 9.40. The minimum Gasteiger partial charge on any atom is -0.348 e. The number of carbonyl (C=O) groups excluding carboxylic acids is 2. The summed E-state index contributed by atoms with van der Waals surface area (Å²) >= 11 is 0. The third-order valence-corrected chi connectivity index (χ3v) is 5.64. The Kier molecular flexibility index (Phi) is 4.64. The van der Waals surface area contributed by atoms with Crippen LogP contribution in [0.3, 0.4) is 0 Å². The van der Waals surface area contributed by atoms with Crippen LogP contribution in [0.25, 0.3) is 10.8 Å². The van der Waals surface area contributed by atoms with Crippen molar-refractivity contribution in [3.05, 3.63) is 48.0 Å². The fourth-order valence-corrected chi connectivity index (χ4v) is 4.15. The van der Waals surface area contributed by atoms with Crippen molar-refractivity contribution in [3.8, 4) is 0 Å². The lowest BCUT2D eigenvalue weighted by Gasteiger charge is -2.36. The summed E-state index contributed by atoms with van der Waals surface area (Å²) in [6.07, 6.45) is 2.86. The number of likely N-dealkylation sites (tertiary alicyclic amines) is 2. The number of rotatable bonds is 3. The average molecular weight is 351 g/mol. The van der Waals surface area contributed by atoms with Gasteiger partial charge in [-0.1, -0.05) is 30.3 Å². The van der Waals surface area contributed by atoms with Gasteiger partial charge in [-0.15, -0.1) is 0 Å². The second kappa shape index (κ2) is 7.08. The summed E-state index contributed by atoms with van der Waals surface area (Å²) < 4.78 is 0. The lowest BCUT2D eigenvalue weighted by atomic mass is 10.0. The highest BCUT2D eigenvalue weighted by atomic mass is 16.2. The maximum atomic E-state index is 12.7. The van der Waals surface area contributed by atoms with Crippen LogP contribution < -0.4 is 5.32 Å². The van der Waals surface area contributed by atoms with Crippen LogP contribution in [-0.2, 0) is 4.79 Å². The molecule has 2 unspecified atom stereocenters. The molecule has 2 aliphatic heterocycles. The molecule has 4 rings (SSSR count). The Bertz CT molecular complexity index is 835. The van der Waals surface area contributed by atoms with Gasteiger partial charge in [0.05, 0.1) is 6.04 Å². The topological polar surface area (TPSA) is 52.6 Å². The Morgan fingerprint density at radius 1 is 1.08 bits per heavy atom. The van der Waals surface area contributed by atoms with E-state index >= 15 is 0 Å². The minimum atomic E-state index is -0.0301. The molecule has 0 saturated carbocycles. The molecule has 0 radical (unpaired) electrons. The molecule has 0 aromatic heterocycles. The standard InChI is InChI=1S/C21H25N3O2/c1-23-12-10-19(21(23)26)24-11-4-7-18(14-24)22-20(25)17-9-8-15-5-2-3-6-16(15)13-17/h2-3,5-6,8-9,13,18-19H,4,7,10-12,14H2,1H3,(H,22,25). The van der Waals surface area contributed by atoms with Crippen molar-refractivity contribution in [1.29, 1.82) is 0 Å². The number of piperidine rings is 1. The molecule has 2 saturated heterocycles. The van der Waals surface area contributed by atoms with Crippen LogP contribution in [0, 0.1) is 0 Å². The average Bonchev–Trinajstić information content (AvgIpc) is 3.00. The van der Waals surface area contributed by atoms with E-state index in [-0.39, 0.29) is 23.9 Å². The van der Waals surface area contributed by atoms with Gasteiger partial charge in [-0.25, -0.2) is 0 Å². The van der Waals surface area contributed by atoms with E-state index < -0.39 is 0 Å². The van der Waals surface area contributed by atoms with Crippen LogP contribution in [0.5, 0.6) is 0 Å². The molecule has 2 aliphatic rings. The molecule has 2 fully saturated rings. The molecule has 0 bridgehead atoms. The zero-order chi connectivity index (χ0) is 18.1. The zero-order valence-electron chi connectivity index (χ0n) is 15.1. The largest absolute Gasteiger partial charge is 0.348 e. The van der Waals surface area contributed by atoms with Gasteiger partial charge < -0.3 is 10.2 Å². The minimum absolute atomic E-state index is 0.0135. The third-order valence-electron chi connectivity index (χ3n) is 5.64. The van der Waals surface area contributed by atoms with Gasteiger partial charge in [0.2, 0.25) is 5.91 Å². The van der Waals surface area contributed by atoms with Crippen molar-refractivity contribution in [2.75, 3.05) is 26.7 Å². The first-order valence-corrected chi connectivity index (χ1v) is 9.40.